The van der Waals surface area contributed by atoms with Gasteiger partial charge in [-0.1, -0.05) is 36.9 Å². The number of aliphatic carboxylic acids is 2. The van der Waals surface area contributed by atoms with Crippen LogP contribution in [0.4, 0.5) is 0 Å². The number of hydrogen-bond acceptors (Lipinski definition) is 4. The molecule has 0 saturated carbocycles. The van der Waals surface area contributed by atoms with Gasteiger partial charge in [-0.3, -0.25) is 9.59 Å². The van der Waals surface area contributed by atoms with Gasteiger partial charge in [-0.05, 0) is 37.7 Å². The van der Waals surface area contributed by atoms with E-state index in [0.717, 1.165) is 50.7 Å². The predicted molar refractivity (Wildman–Crippen MR) is 82.8 cm³/mol. The van der Waals surface area contributed by atoms with E-state index in [1.54, 1.807) is 7.11 Å². The SMILES string of the molecule is CO/N=C1/CCC=C1CCCCCCCC(C(=O)O)C(=O)O. The van der Waals surface area contributed by atoms with Crippen molar-refractivity contribution in [3.05, 3.63) is 11.6 Å². The normalized spacial score (nSPS) is 16.1. The molecular weight excluding hydrogens is 286 g/mol. The summed E-state index contributed by atoms with van der Waals surface area (Å²) in [7, 11) is 1.56. The van der Waals surface area contributed by atoms with Crippen molar-refractivity contribution in [3.63, 3.8) is 0 Å². The van der Waals surface area contributed by atoms with Crippen molar-refractivity contribution < 1.29 is 24.6 Å². The third-order valence-corrected chi connectivity index (χ3v) is 3.88. The fourth-order valence-corrected chi connectivity index (χ4v) is 2.67. The zero-order valence-electron chi connectivity index (χ0n) is 13.1. The van der Waals surface area contributed by atoms with Gasteiger partial charge in [0.2, 0.25) is 0 Å². The maximum Gasteiger partial charge on any atom is 0.317 e. The number of unbranched alkanes of at least 4 members (excludes halogenated alkanes) is 4. The van der Waals surface area contributed by atoms with Crippen LogP contribution >= 0.6 is 0 Å². The Kier molecular flexibility index (Phi) is 8.25. The first-order valence-electron chi connectivity index (χ1n) is 7.81. The summed E-state index contributed by atoms with van der Waals surface area (Å²) >= 11 is 0. The molecule has 0 aliphatic heterocycles. The first-order valence-corrected chi connectivity index (χ1v) is 7.81. The fourth-order valence-electron chi connectivity index (χ4n) is 2.67. The predicted octanol–water partition coefficient (Wildman–Crippen LogP) is 3.23. The molecule has 1 aliphatic rings. The molecule has 1 aliphatic carbocycles. The molecule has 22 heavy (non-hydrogen) atoms. The molecule has 0 aromatic rings. The molecule has 0 radical (unpaired) electrons. The van der Waals surface area contributed by atoms with Gasteiger partial charge in [-0.2, -0.15) is 0 Å². The smallest absolute Gasteiger partial charge is 0.317 e. The summed E-state index contributed by atoms with van der Waals surface area (Å²) in [6.45, 7) is 0. The number of carbonyl (C=O) groups is 2. The van der Waals surface area contributed by atoms with E-state index in [2.05, 4.69) is 11.2 Å². The summed E-state index contributed by atoms with van der Waals surface area (Å²) in [5.74, 6) is -3.76. The number of hydrogen-bond donors (Lipinski definition) is 2. The molecule has 0 aromatic carbocycles. The third kappa shape index (κ3) is 6.28. The Bertz CT molecular complexity index is 428. The highest BCUT2D eigenvalue weighted by atomic mass is 16.6. The molecule has 0 aromatic heterocycles. The zero-order chi connectivity index (χ0) is 16.4. The van der Waals surface area contributed by atoms with Gasteiger partial charge in [0.15, 0.2) is 5.92 Å². The van der Waals surface area contributed by atoms with E-state index in [1.165, 1.54) is 5.57 Å². The number of rotatable bonds is 11. The van der Waals surface area contributed by atoms with E-state index >= 15 is 0 Å². The largest absolute Gasteiger partial charge is 0.481 e. The molecule has 0 saturated heterocycles. The highest BCUT2D eigenvalue weighted by molar-refractivity contribution is 6.01. The average molecular weight is 311 g/mol. The van der Waals surface area contributed by atoms with Crippen LogP contribution in [0.5, 0.6) is 0 Å². The van der Waals surface area contributed by atoms with Crippen molar-refractivity contribution >= 4 is 17.7 Å². The van der Waals surface area contributed by atoms with Crippen molar-refractivity contribution in [2.24, 2.45) is 11.1 Å². The Morgan fingerprint density at radius 1 is 1.18 bits per heavy atom. The molecule has 0 heterocycles. The second kappa shape index (κ2) is 9.97. The standard InChI is InChI=1S/C16H25NO5/c1-22-17-14-11-7-9-12(14)8-5-3-2-4-6-10-13(15(18)19)16(20)21/h9,13H,2-8,10-11H2,1H3,(H,18,19)(H,20,21)/b17-14-. The Hall–Kier alpha value is -1.85. The summed E-state index contributed by atoms with van der Waals surface area (Å²) < 4.78 is 0. The number of oxime groups is 1. The van der Waals surface area contributed by atoms with Crippen molar-refractivity contribution in [1.29, 1.82) is 0 Å². The van der Waals surface area contributed by atoms with E-state index < -0.39 is 17.9 Å². The highest BCUT2D eigenvalue weighted by Crippen LogP contribution is 2.22. The van der Waals surface area contributed by atoms with Crippen molar-refractivity contribution in [3.8, 4) is 0 Å². The molecule has 0 spiro atoms. The molecule has 2 N–H and O–H groups in total. The Morgan fingerprint density at radius 3 is 2.45 bits per heavy atom. The molecule has 0 atom stereocenters. The molecule has 0 amide bonds. The lowest BCUT2D eigenvalue weighted by Crippen LogP contribution is -2.23. The second-order valence-electron chi connectivity index (χ2n) is 5.52. The minimum atomic E-state index is -1.27. The first-order chi connectivity index (χ1) is 10.6. The molecule has 124 valence electrons. The first kappa shape index (κ1) is 18.2. The van der Waals surface area contributed by atoms with Crippen LogP contribution in [-0.2, 0) is 14.4 Å². The summed E-state index contributed by atoms with van der Waals surface area (Å²) in [5.41, 5.74) is 2.33. The van der Waals surface area contributed by atoms with Gasteiger partial charge in [0.05, 0.1) is 5.71 Å². The van der Waals surface area contributed by atoms with Gasteiger partial charge < -0.3 is 15.1 Å². The number of carboxylic acid groups (broad SMARTS) is 2. The summed E-state index contributed by atoms with van der Waals surface area (Å²) in [6.07, 6.45) is 10.0. The quantitative estimate of drug-likeness (QED) is 0.347. The van der Waals surface area contributed by atoms with E-state index in [9.17, 15) is 9.59 Å². The summed E-state index contributed by atoms with van der Waals surface area (Å²) in [4.78, 5) is 26.3. The average Bonchev–Trinajstić information content (AvgIpc) is 2.88. The van der Waals surface area contributed by atoms with Crippen molar-refractivity contribution in [1.82, 2.24) is 0 Å². The van der Waals surface area contributed by atoms with Gasteiger partial charge in [-0.15, -0.1) is 0 Å². The van der Waals surface area contributed by atoms with Crippen LogP contribution < -0.4 is 0 Å². The minimum Gasteiger partial charge on any atom is -0.481 e. The zero-order valence-corrected chi connectivity index (χ0v) is 13.1. The minimum absolute atomic E-state index is 0.209. The number of carboxylic acids is 2. The lowest BCUT2D eigenvalue weighted by atomic mass is 9.99. The van der Waals surface area contributed by atoms with Gasteiger partial charge in [0, 0.05) is 0 Å². The van der Waals surface area contributed by atoms with Crippen LogP contribution in [0.2, 0.25) is 0 Å². The monoisotopic (exact) mass is 311 g/mol. The van der Waals surface area contributed by atoms with Gasteiger partial charge in [0.1, 0.15) is 7.11 Å². The number of allylic oxidation sites excluding steroid dienone is 2. The van der Waals surface area contributed by atoms with Crippen molar-refractivity contribution in [2.45, 2.75) is 57.8 Å². The Labute approximate surface area is 130 Å². The molecule has 6 heteroatoms. The molecule has 1 rings (SSSR count). The molecule has 0 bridgehead atoms. The second-order valence-corrected chi connectivity index (χ2v) is 5.52. The molecule has 0 fully saturated rings. The lowest BCUT2D eigenvalue weighted by Gasteiger charge is -2.07. The molecular formula is C16H25NO5. The maximum absolute atomic E-state index is 10.7. The van der Waals surface area contributed by atoms with Crippen LogP contribution in [0.15, 0.2) is 16.8 Å². The Morgan fingerprint density at radius 2 is 1.82 bits per heavy atom. The summed E-state index contributed by atoms with van der Waals surface area (Å²) in [6, 6.07) is 0. The van der Waals surface area contributed by atoms with E-state index in [4.69, 9.17) is 15.1 Å². The maximum atomic E-state index is 10.7. The third-order valence-electron chi connectivity index (χ3n) is 3.88. The van der Waals surface area contributed by atoms with Gasteiger partial charge >= 0.3 is 11.9 Å². The van der Waals surface area contributed by atoms with Crippen molar-refractivity contribution in [2.75, 3.05) is 7.11 Å². The van der Waals surface area contributed by atoms with Crippen LogP contribution in [0.1, 0.15) is 57.8 Å². The van der Waals surface area contributed by atoms with Crippen LogP contribution in [-0.4, -0.2) is 35.0 Å². The molecule has 0 unspecified atom stereocenters. The van der Waals surface area contributed by atoms with E-state index in [-0.39, 0.29) is 6.42 Å². The fraction of sp³-hybridized carbons (Fsp3) is 0.688. The summed E-state index contributed by atoms with van der Waals surface area (Å²) in [5, 5.41) is 21.6. The van der Waals surface area contributed by atoms with Crippen LogP contribution in [0.3, 0.4) is 0 Å². The van der Waals surface area contributed by atoms with Gasteiger partial charge in [-0.25, -0.2) is 0 Å². The number of nitrogens with zero attached hydrogens (tertiary/aromatic N) is 1. The van der Waals surface area contributed by atoms with E-state index in [1.807, 2.05) is 0 Å². The highest BCUT2D eigenvalue weighted by Gasteiger charge is 2.24. The topological polar surface area (TPSA) is 96.2 Å². The van der Waals surface area contributed by atoms with Crippen LogP contribution in [0.25, 0.3) is 0 Å². The molecule has 6 nitrogen and oxygen atoms in total. The van der Waals surface area contributed by atoms with Crippen LogP contribution in [0, 0.1) is 5.92 Å². The van der Waals surface area contributed by atoms with Gasteiger partial charge in [0.25, 0.3) is 0 Å². The van der Waals surface area contributed by atoms with E-state index in [0.29, 0.717) is 6.42 Å². The Balaban J connectivity index is 2.10. The lowest BCUT2D eigenvalue weighted by molar-refractivity contribution is -0.154.